The molecule has 22 heavy (non-hydrogen) atoms. The van der Waals surface area contributed by atoms with E-state index in [0.717, 1.165) is 28.6 Å². The summed E-state index contributed by atoms with van der Waals surface area (Å²) < 4.78 is 0. The summed E-state index contributed by atoms with van der Waals surface area (Å²) in [4.78, 5) is 13.3. The predicted molar refractivity (Wildman–Crippen MR) is 85.4 cm³/mol. The van der Waals surface area contributed by atoms with Crippen LogP contribution in [0.2, 0.25) is 0 Å². The van der Waals surface area contributed by atoms with Gasteiger partial charge in [0.15, 0.2) is 5.82 Å². The van der Waals surface area contributed by atoms with Gasteiger partial charge in [0.05, 0.1) is 12.2 Å². The number of aromatic nitrogens is 5. The first-order valence-corrected chi connectivity index (χ1v) is 7.15. The molecule has 3 heterocycles. The van der Waals surface area contributed by atoms with Gasteiger partial charge in [-0.05, 0) is 38.5 Å². The molecule has 0 aliphatic rings. The van der Waals surface area contributed by atoms with Gasteiger partial charge < -0.3 is 5.32 Å². The molecule has 3 aromatic heterocycles. The van der Waals surface area contributed by atoms with Gasteiger partial charge in [0.25, 0.3) is 0 Å². The molecule has 0 bridgehead atoms. The van der Waals surface area contributed by atoms with Gasteiger partial charge in [-0.15, -0.1) is 0 Å². The Balaban J connectivity index is 1.82. The van der Waals surface area contributed by atoms with Crippen LogP contribution in [0, 0.1) is 20.8 Å². The first kappa shape index (κ1) is 14.2. The number of nitrogens with one attached hydrogen (secondary N) is 2. The van der Waals surface area contributed by atoms with Crippen molar-refractivity contribution in [3.63, 3.8) is 0 Å². The minimum absolute atomic E-state index is 0.619. The van der Waals surface area contributed by atoms with Crippen molar-refractivity contribution in [2.75, 3.05) is 5.32 Å². The lowest BCUT2D eigenvalue weighted by Crippen LogP contribution is -2.05. The highest BCUT2D eigenvalue weighted by molar-refractivity contribution is 5.52. The Morgan fingerprint density at radius 2 is 2.00 bits per heavy atom. The number of aromatic amines is 1. The lowest BCUT2D eigenvalue weighted by Gasteiger charge is -2.07. The Hall–Kier alpha value is -2.76. The molecule has 3 rings (SSSR count). The highest BCUT2D eigenvalue weighted by Crippen LogP contribution is 2.16. The maximum atomic E-state index is 4.53. The predicted octanol–water partition coefficient (Wildman–Crippen LogP) is 2.80. The summed E-state index contributed by atoms with van der Waals surface area (Å²) in [6.07, 6.45) is 1.74. The van der Waals surface area contributed by atoms with Crippen LogP contribution in [0.3, 0.4) is 0 Å². The molecule has 0 radical (unpaired) electrons. The number of hydrogen-bond donors (Lipinski definition) is 2. The summed E-state index contributed by atoms with van der Waals surface area (Å²) in [5.41, 5.74) is 4.91. The standard InChI is InChI=1S/C16H18N6/c1-10-8-15(18-9-14-11(2)12(3)21-22-14)20-16(19-10)13-6-4-5-7-17-13/h4-8H,9H2,1-3H3,(H,21,22)(H,18,19,20). The number of nitrogens with zero attached hydrogens (tertiary/aromatic N) is 4. The second-order valence-electron chi connectivity index (χ2n) is 5.21. The Morgan fingerprint density at radius 3 is 2.68 bits per heavy atom. The number of H-pyrrole nitrogens is 1. The van der Waals surface area contributed by atoms with E-state index >= 15 is 0 Å². The fraction of sp³-hybridized carbons (Fsp3) is 0.250. The Bertz CT molecular complexity index is 779. The lowest BCUT2D eigenvalue weighted by atomic mass is 10.2. The fourth-order valence-electron chi connectivity index (χ4n) is 2.15. The Labute approximate surface area is 129 Å². The number of anilines is 1. The minimum atomic E-state index is 0.619. The number of rotatable bonds is 4. The normalized spacial score (nSPS) is 10.7. The molecule has 6 nitrogen and oxygen atoms in total. The molecular formula is C16H18N6. The van der Waals surface area contributed by atoms with E-state index in [-0.39, 0.29) is 0 Å². The maximum Gasteiger partial charge on any atom is 0.180 e. The number of pyridine rings is 1. The van der Waals surface area contributed by atoms with Crippen molar-refractivity contribution < 1.29 is 0 Å². The second-order valence-corrected chi connectivity index (χ2v) is 5.21. The molecular weight excluding hydrogens is 276 g/mol. The van der Waals surface area contributed by atoms with Crippen LogP contribution in [0.4, 0.5) is 5.82 Å². The van der Waals surface area contributed by atoms with Gasteiger partial charge in [0, 0.05) is 23.7 Å². The van der Waals surface area contributed by atoms with Crippen molar-refractivity contribution in [2.45, 2.75) is 27.3 Å². The van der Waals surface area contributed by atoms with E-state index in [2.05, 4.69) is 37.4 Å². The van der Waals surface area contributed by atoms with Crippen molar-refractivity contribution in [3.8, 4) is 11.5 Å². The number of hydrogen-bond acceptors (Lipinski definition) is 5. The topological polar surface area (TPSA) is 79.4 Å². The molecule has 0 saturated heterocycles. The Kier molecular flexibility index (Phi) is 3.82. The van der Waals surface area contributed by atoms with E-state index in [1.165, 1.54) is 5.56 Å². The van der Waals surface area contributed by atoms with E-state index in [1.807, 2.05) is 38.1 Å². The third kappa shape index (κ3) is 2.95. The highest BCUT2D eigenvalue weighted by atomic mass is 15.1. The maximum absolute atomic E-state index is 4.53. The first-order chi connectivity index (χ1) is 10.6. The van der Waals surface area contributed by atoms with Crippen LogP contribution in [-0.4, -0.2) is 25.1 Å². The average molecular weight is 294 g/mol. The molecule has 0 spiro atoms. The van der Waals surface area contributed by atoms with Crippen LogP contribution < -0.4 is 5.32 Å². The highest BCUT2D eigenvalue weighted by Gasteiger charge is 2.08. The molecule has 0 amide bonds. The monoisotopic (exact) mass is 294 g/mol. The smallest absolute Gasteiger partial charge is 0.180 e. The molecule has 0 aromatic carbocycles. The summed E-state index contributed by atoms with van der Waals surface area (Å²) >= 11 is 0. The van der Waals surface area contributed by atoms with Gasteiger partial charge in [0.1, 0.15) is 11.5 Å². The first-order valence-electron chi connectivity index (χ1n) is 7.15. The van der Waals surface area contributed by atoms with Crippen LogP contribution >= 0.6 is 0 Å². The van der Waals surface area contributed by atoms with Crippen molar-refractivity contribution >= 4 is 5.82 Å². The molecule has 3 aromatic rings. The van der Waals surface area contributed by atoms with E-state index in [1.54, 1.807) is 6.20 Å². The van der Waals surface area contributed by atoms with E-state index in [0.29, 0.717) is 12.4 Å². The summed E-state index contributed by atoms with van der Waals surface area (Å²) in [7, 11) is 0. The largest absolute Gasteiger partial charge is 0.364 e. The quantitative estimate of drug-likeness (QED) is 0.773. The molecule has 0 aliphatic heterocycles. The van der Waals surface area contributed by atoms with Crippen molar-refractivity contribution in [2.24, 2.45) is 0 Å². The SMILES string of the molecule is Cc1cc(NCc2n[nH]c(C)c2C)nc(-c2ccccn2)n1. The van der Waals surface area contributed by atoms with Crippen LogP contribution in [0.15, 0.2) is 30.5 Å². The molecule has 0 saturated carbocycles. The summed E-state index contributed by atoms with van der Waals surface area (Å²) in [5, 5.41) is 10.6. The molecule has 0 fully saturated rings. The van der Waals surface area contributed by atoms with Crippen molar-refractivity contribution in [1.82, 2.24) is 25.1 Å². The van der Waals surface area contributed by atoms with E-state index in [4.69, 9.17) is 0 Å². The molecule has 2 N–H and O–H groups in total. The van der Waals surface area contributed by atoms with Gasteiger partial charge in [-0.1, -0.05) is 6.07 Å². The van der Waals surface area contributed by atoms with Gasteiger partial charge in [-0.2, -0.15) is 5.10 Å². The van der Waals surface area contributed by atoms with Crippen molar-refractivity contribution in [3.05, 3.63) is 53.1 Å². The second kappa shape index (κ2) is 5.93. The van der Waals surface area contributed by atoms with Crippen LogP contribution in [-0.2, 0) is 6.54 Å². The van der Waals surface area contributed by atoms with Crippen LogP contribution in [0.25, 0.3) is 11.5 Å². The molecule has 0 unspecified atom stereocenters. The lowest BCUT2D eigenvalue weighted by molar-refractivity contribution is 0.955. The zero-order valence-electron chi connectivity index (χ0n) is 12.9. The fourth-order valence-corrected chi connectivity index (χ4v) is 2.15. The third-order valence-electron chi connectivity index (χ3n) is 3.54. The van der Waals surface area contributed by atoms with Crippen molar-refractivity contribution in [1.29, 1.82) is 0 Å². The minimum Gasteiger partial charge on any atom is -0.364 e. The van der Waals surface area contributed by atoms with E-state index in [9.17, 15) is 0 Å². The van der Waals surface area contributed by atoms with Gasteiger partial charge in [-0.25, -0.2) is 9.97 Å². The summed E-state index contributed by atoms with van der Waals surface area (Å²) in [6.45, 7) is 6.64. The van der Waals surface area contributed by atoms with Crippen LogP contribution in [0.1, 0.15) is 22.6 Å². The molecule has 0 aliphatic carbocycles. The van der Waals surface area contributed by atoms with Gasteiger partial charge >= 0.3 is 0 Å². The summed E-state index contributed by atoms with van der Waals surface area (Å²) in [6, 6.07) is 7.62. The number of aryl methyl sites for hydroxylation is 2. The van der Waals surface area contributed by atoms with E-state index < -0.39 is 0 Å². The molecule has 6 heteroatoms. The molecule has 0 atom stereocenters. The Morgan fingerprint density at radius 1 is 1.14 bits per heavy atom. The van der Waals surface area contributed by atoms with Crippen LogP contribution in [0.5, 0.6) is 0 Å². The molecule has 112 valence electrons. The summed E-state index contributed by atoms with van der Waals surface area (Å²) in [5.74, 6) is 1.39. The van der Waals surface area contributed by atoms with Gasteiger partial charge in [-0.3, -0.25) is 10.1 Å². The zero-order chi connectivity index (χ0) is 15.5. The average Bonchev–Trinajstić information content (AvgIpc) is 2.85. The zero-order valence-corrected chi connectivity index (χ0v) is 12.9. The third-order valence-corrected chi connectivity index (χ3v) is 3.54. The van der Waals surface area contributed by atoms with Gasteiger partial charge in [0.2, 0.25) is 0 Å².